The molecule has 1 aromatic heterocycles. The lowest BCUT2D eigenvalue weighted by Gasteiger charge is -2.05. The maximum Gasteiger partial charge on any atom is 0.101 e. The topological polar surface area (TPSA) is 36.7 Å². The van der Waals surface area contributed by atoms with Crippen LogP contribution in [-0.2, 0) is 0 Å². The molecule has 0 fully saturated rings. The zero-order valence-corrected chi connectivity index (χ0v) is 9.63. The van der Waals surface area contributed by atoms with Crippen molar-refractivity contribution in [3.63, 3.8) is 0 Å². The van der Waals surface area contributed by atoms with Crippen molar-refractivity contribution in [2.75, 3.05) is 0 Å². The van der Waals surface area contributed by atoms with Gasteiger partial charge in [-0.3, -0.25) is 4.98 Å². The van der Waals surface area contributed by atoms with Gasteiger partial charge in [0.25, 0.3) is 0 Å². The van der Waals surface area contributed by atoms with E-state index >= 15 is 0 Å². The number of benzene rings is 1. The van der Waals surface area contributed by atoms with Crippen molar-refractivity contribution in [3.8, 4) is 17.3 Å². The lowest BCUT2D eigenvalue weighted by atomic mass is 10.1. The molecular weight excluding hydrogens is 243 g/mol. The van der Waals surface area contributed by atoms with E-state index in [0.717, 1.165) is 0 Å². The minimum absolute atomic E-state index is 0.478. The third kappa shape index (κ3) is 2.01. The van der Waals surface area contributed by atoms with Gasteiger partial charge in [-0.25, -0.2) is 0 Å². The molecular formula is C12H6Cl2N2. The van der Waals surface area contributed by atoms with Gasteiger partial charge in [0.2, 0.25) is 0 Å². The van der Waals surface area contributed by atoms with E-state index in [4.69, 9.17) is 28.5 Å². The Morgan fingerprint density at radius 1 is 1.19 bits per heavy atom. The van der Waals surface area contributed by atoms with Crippen LogP contribution in [0.4, 0.5) is 0 Å². The number of rotatable bonds is 1. The van der Waals surface area contributed by atoms with Crippen molar-refractivity contribution in [2.24, 2.45) is 0 Å². The van der Waals surface area contributed by atoms with Crippen LogP contribution in [0.2, 0.25) is 10.0 Å². The molecule has 2 aromatic rings. The van der Waals surface area contributed by atoms with Gasteiger partial charge in [-0.05, 0) is 30.3 Å². The summed E-state index contributed by atoms with van der Waals surface area (Å²) in [5.41, 5.74) is 1.70. The third-order valence-electron chi connectivity index (χ3n) is 2.11. The van der Waals surface area contributed by atoms with Gasteiger partial charge in [-0.1, -0.05) is 23.2 Å². The molecule has 2 rings (SSSR count). The van der Waals surface area contributed by atoms with E-state index in [1.165, 1.54) is 0 Å². The number of hydrogen-bond donors (Lipinski definition) is 0. The van der Waals surface area contributed by atoms with E-state index < -0.39 is 0 Å². The van der Waals surface area contributed by atoms with Crippen LogP contribution in [0.25, 0.3) is 11.3 Å². The molecule has 0 aliphatic heterocycles. The molecule has 1 aromatic carbocycles. The number of pyridine rings is 1. The van der Waals surface area contributed by atoms with E-state index in [-0.39, 0.29) is 0 Å². The van der Waals surface area contributed by atoms with Crippen LogP contribution < -0.4 is 0 Å². The standard InChI is InChI=1S/C12H6Cl2N2/c13-9-3-4-11(14)10(6-9)12-8(7-15)2-1-5-16-12/h1-6H. The van der Waals surface area contributed by atoms with Crippen LogP contribution in [0, 0.1) is 11.3 Å². The summed E-state index contributed by atoms with van der Waals surface area (Å²) in [4.78, 5) is 4.16. The average molecular weight is 249 g/mol. The predicted octanol–water partition coefficient (Wildman–Crippen LogP) is 3.93. The lowest BCUT2D eigenvalue weighted by Crippen LogP contribution is -1.89. The minimum Gasteiger partial charge on any atom is -0.255 e. The van der Waals surface area contributed by atoms with E-state index in [1.54, 1.807) is 36.5 Å². The Kier molecular flexibility index (Phi) is 3.09. The van der Waals surface area contributed by atoms with Gasteiger partial charge in [0.15, 0.2) is 0 Å². The molecule has 78 valence electrons. The van der Waals surface area contributed by atoms with Gasteiger partial charge in [-0.15, -0.1) is 0 Å². The van der Waals surface area contributed by atoms with Crippen LogP contribution in [0.15, 0.2) is 36.5 Å². The molecule has 0 saturated heterocycles. The number of halogens is 2. The van der Waals surface area contributed by atoms with Crippen molar-refractivity contribution in [1.82, 2.24) is 4.98 Å². The summed E-state index contributed by atoms with van der Waals surface area (Å²) >= 11 is 11.9. The van der Waals surface area contributed by atoms with Crippen LogP contribution in [0.3, 0.4) is 0 Å². The second-order valence-electron chi connectivity index (χ2n) is 3.14. The van der Waals surface area contributed by atoms with E-state index in [0.29, 0.717) is 26.9 Å². The van der Waals surface area contributed by atoms with E-state index in [9.17, 15) is 0 Å². The van der Waals surface area contributed by atoms with E-state index in [2.05, 4.69) is 11.1 Å². The SMILES string of the molecule is N#Cc1cccnc1-c1cc(Cl)ccc1Cl. The molecule has 0 aliphatic rings. The Labute approximate surface area is 103 Å². The van der Waals surface area contributed by atoms with Crippen LogP contribution >= 0.6 is 23.2 Å². The largest absolute Gasteiger partial charge is 0.255 e. The molecule has 0 spiro atoms. The fraction of sp³-hybridized carbons (Fsp3) is 0. The molecule has 0 amide bonds. The predicted molar refractivity (Wildman–Crippen MR) is 64.4 cm³/mol. The van der Waals surface area contributed by atoms with Crippen LogP contribution in [0.5, 0.6) is 0 Å². The van der Waals surface area contributed by atoms with E-state index in [1.807, 2.05) is 0 Å². The summed E-state index contributed by atoms with van der Waals surface area (Å²) in [5.74, 6) is 0. The maximum absolute atomic E-state index is 8.97. The summed E-state index contributed by atoms with van der Waals surface area (Å²) < 4.78 is 0. The highest BCUT2D eigenvalue weighted by Gasteiger charge is 2.09. The Bertz CT molecular complexity index is 573. The molecule has 0 saturated carbocycles. The molecule has 0 atom stereocenters. The van der Waals surface area contributed by atoms with Gasteiger partial charge in [0.1, 0.15) is 6.07 Å². The molecule has 0 radical (unpaired) electrons. The molecule has 0 aliphatic carbocycles. The number of nitrogens with zero attached hydrogens (tertiary/aromatic N) is 2. The first kappa shape index (κ1) is 10.9. The minimum atomic E-state index is 0.478. The van der Waals surface area contributed by atoms with Gasteiger partial charge in [-0.2, -0.15) is 5.26 Å². The smallest absolute Gasteiger partial charge is 0.101 e. The van der Waals surface area contributed by atoms with Crippen molar-refractivity contribution >= 4 is 23.2 Å². The monoisotopic (exact) mass is 248 g/mol. The molecule has 0 bridgehead atoms. The zero-order chi connectivity index (χ0) is 11.5. The van der Waals surface area contributed by atoms with Gasteiger partial charge < -0.3 is 0 Å². The molecule has 16 heavy (non-hydrogen) atoms. The Balaban J connectivity index is 2.68. The quantitative estimate of drug-likeness (QED) is 0.767. The summed E-state index contributed by atoms with van der Waals surface area (Å²) in [7, 11) is 0. The highest BCUT2D eigenvalue weighted by atomic mass is 35.5. The second kappa shape index (κ2) is 4.52. The first-order chi connectivity index (χ1) is 7.72. The average Bonchev–Trinajstić information content (AvgIpc) is 2.32. The Morgan fingerprint density at radius 2 is 2.00 bits per heavy atom. The second-order valence-corrected chi connectivity index (χ2v) is 3.98. The molecule has 1 heterocycles. The summed E-state index contributed by atoms with van der Waals surface area (Å²) in [6.45, 7) is 0. The maximum atomic E-state index is 8.97. The summed E-state index contributed by atoms with van der Waals surface area (Å²) in [6, 6.07) is 10.6. The van der Waals surface area contributed by atoms with Crippen LogP contribution in [-0.4, -0.2) is 4.98 Å². The van der Waals surface area contributed by atoms with Gasteiger partial charge >= 0.3 is 0 Å². The Morgan fingerprint density at radius 3 is 2.75 bits per heavy atom. The zero-order valence-electron chi connectivity index (χ0n) is 8.11. The fourth-order valence-corrected chi connectivity index (χ4v) is 1.77. The van der Waals surface area contributed by atoms with Crippen molar-refractivity contribution in [1.29, 1.82) is 5.26 Å². The lowest BCUT2D eigenvalue weighted by molar-refractivity contribution is 1.30. The normalized spacial score (nSPS) is 9.81. The highest BCUT2D eigenvalue weighted by Crippen LogP contribution is 2.30. The van der Waals surface area contributed by atoms with Crippen molar-refractivity contribution in [3.05, 3.63) is 52.1 Å². The molecule has 0 N–H and O–H groups in total. The number of nitriles is 1. The number of hydrogen-bond acceptors (Lipinski definition) is 2. The molecule has 2 nitrogen and oxygen atoms in total. The van der Waals surface area contributed by atoms with Gasteiger partial charge in [0.05, 0.1) is 16.3 Å². The van der Waals surface area contributed by atoms with Gasteiger partial charge in [0, 0.05) is 16.8 Å². The third-order valence-corrected chi connectivity index (χ3v) is 2.68. The number of aromatic nitrogens is 1. The summed E-state index contributed by atoms with van der Waals surface area (Å²) in [6.07, 6.45) is 1.62. The van der Waals surface area contributed by atoms with Crippen molar-refractivity contribution < 1.29 is 0 Å². The highest BCUT2D eigenvalue weighted by molar-refractivity contribution is 6.35. The van der Waals surface area contributed by atoms with Crippen molar-refractivity contribution in [2.45, 2.75) is 0 Å². The van der Waals surface area contributed by atoms with Crippen LogP contribution in [0.1, 0.15) is 5.56 Å². The summed E-state index contributed by atoms with van der Waals surface area (Å²) in [5, 5.41) is 10.1. The Hall–Kier alpha value is -1.56. The first-order valence-corrected chi connectivity index (χ1v) is 5.28. The fourth-order valence-electron chi connectivity index (χ4n) is 1.39. The molecule has 4 heteroatoms. The first-order valence-electron chi connectivity index (χ1n) is 4.53. The molecule has 0 unspecified atom stereocenters.